The van der Waals surface area contributed by atoms with Crippen LogP contribution in [0.1, 0.15) is 18.1 Å². The van der Waals surface area contributed by atoms with Gasteiger partial charge >= 0.3 is 0 Å². The molecule has 0 atom stereocenters. The van der Waals surface area contributed by atoms with Gasteiger partial charge < -0.3 is 9.42 Å². The van der Waals surface area contributed by atoms with Gasteiger partial charge in [0.05, 0.1) is 4.90 Å². The number of halogens is 1. The second-order valence-corrected chi connectivity index (χ2v) is 8.83. The van der Waals surface area contributed by atoms with Crippen LogP contribution in [-0.4, -0.2) is 59.8 Å². The van der Waals surface area contributed by atoms with Gasteiger partial charge in [0, 0.05) is 43.5 Å². The molecule has 1 aromatic heterocycles. The number of carbonyl (C=O) groups is 1. The molecule has 1 aliphatic heterocycles. The Kier molecular flexibility index (Phi) is 5.73. The predicted octanol–water partition coefficient (Wildman–Crippen LogP) is 1.61. The van der Waals surface area contributed by atoms with Crippen molar-refractivity contribution >= 4 is 31.9 Å². The highest BCUT2D eigenvalue weighted by Gasteiger charge is 2.30. The summed E-state index contributed by atoms with van der Waals surface area (Å²) in [7, 11) is -3.55. The molecular formula is C16H19BrN4O4S. The standard InChI is InChI=1S/C16H19BrN4O4S/c1-12-18-15(25-19-12)5-6-16(22)20-7-9-21(10-8-20)26(23,24)14-4-2-3-13(17)11-14/h2-4,11H,5-10H2,1H3. The third-order valence-electron chi connectivity index (χ3n) is 4.15. The largest absolute Gasteiger partial charge is 0.340 e. The average Bonchev–Trinajstić information content (AvgIpc) is 3.05. The van der Waals surface area contributed by atoms with Crippen molar-refractivity contribution in [2.45, 2.75) is 24.7 Å². The number of amides is 1. The van der Waals surface area contributed by atoms with Gasteiger partial charge in [-0.1, -0.05) is 27.2 Å². The number of benzene rings is 1. The van der Waals surface area contributed by atoms with Crippen LogP contribution in [0.3, 0.4) is 0 Å². The number of hydrogen-bond donors (Lipinski definition) is 0. The van der Waals surface area contributed by atoms with Crippen molar-refractivity contribution in [3.05, 3.63) is 40.5 Å². The lowest BCUT2D eigenvalue weighted by molar-refractivity contribution is -0.132. The third kappa shape index (κ3) is 4.30. The summed E-state index contributed by atoms with van der Waals surface area (Å²) in [5, 5.41) is 3.69. The highest BCUT2D eigenvalue weighted by Crippen LogP contribution is 2.21. The van der Waals surface area contributed by atoms with Gasteiger partial charge in [-0.2, -0.15) is 9.29 Å². The Hall–Kier alpha value is -1.78. The lowest BCUT2D eigenvalue weighted by atomic mass is 10.2. The number of aromatic nitrogens is 2. The summed E-state index contributed by atoms with van der Waals surface area (Å²) in [6.45, 7) is 3.02. The van der Waals surface area contributed by atoms with E-state index < -0.39 is 10.0 Å². The Morgan fingerprint density at radius 2 is 2.00 bits per heavy atom. The van der Waals surface area contributed by atoms with Crippen LogP contribution in [0.5, 0.6) is 0 Å². The molecule has 3 rings (SSSR count). The molecule has 1 amide bonds. The smallest absolute Gasteiger partial charge is 0.243 e. The minimum Gasteiger partial charge on any atom is -0.340 e. The van der Waals surface area contributed by atoms with Gasteiger partial charge in [-0.05, 0) is 25.1 Å². The fourth-order valence-electron chi connectivity index (χ4n) is 2.77. The predicted molar refractivity (Wildman–Crippen MR) is 96.8 cm³/mol. The number of carbonyl (C=O) groups excluding carboxylic acids is 1. The van der Waals surface area contributed by atoms with Crippen LogP contribution in [0.4, 0.5) is 0 Å². The first-order valence-corrected chi connectivity index (χ1v) is 10.4. The van der Waals surface area contributed by atoms with Crippen LogP contribution in [0, 0.1) is 6.92 Å². The van der Waals surface area contributed by atoms with Crippen LogP contribution in [-0.2, 0) is 21.2 Å². The summed E-state index contributed by atoms with van der Waals surface area (Å²) in [6.07, 6.45) is 0.649. The van der Waals surface area contributed by atoms with Gasteiger partial charge in [0.25, 0.3) is 0 Å². The van der Waals surface area contributed by atoms with Crippen molar-refractivity contribution in [2.24, 2.45) is 0 Å². The molecule has 0 aliphatic carbocycles. The molecule has 0 unspecified atom stereocenters. The molecule has 2 aromatic rings. The summed E-state index contributed by atoms with van der Waals surface area (Å²) in [5.41, 5.74) is 0. The number of nitrogens with zero attached hydrogens (tertiary/aromatic N) is 4. The fraction of sp³-hybridized carbons (Fsp3) is 0.438. The fourth-order valence-corrected chi connectivity index (χ4v) is 4.79. The zero-order valence-electron chi connectivity index (χ0n) is 14.3. The molecule has 0 radical (unpaired) electrons. The second-order valence-electron chi connectivity index (χ2n) is 5.98. The lowest BCUT2D eigenvalue weighted by Crippen LogP contribution is -2.50. The van der Waals surface area contributed by atoms with Crippen LogP contribution in [0.25, 0.3) is 0 Å². The molecule has 2 heterocycles. The SMILES string of the molecule is Cc1noc(CCC(=O)N2CCN(S(=O)(=O)c3cccc(Br)c3)CC2)n1. The van der Waals surface area contributed by atoms with E-state index in [1.807, 2.05) is 0 Å². The molecule has 0 bridgehead atoms. The Morgan fingerprint density at radius 1 is 1.27 bits per heavy atom. The first kappa shape index (κ1) is 19.0. The van der Waals surface area contributed by atoms with E-state index in [0.717, 1.165) is 0 Å². The van der Waals surface area contributed by atoms with Gasteiger partial charge in [-0.3, -0.25) is 4.79 Å². The first-order chi connectivity index (χ1) is 12.4. The molecule has 0 spiro atoms. The normalized spacial score (nSPS) is 16.0. The molecule has 1 aromatic carbocycles. The van der Waals surface area contributed by atoms with E-state index in [1.165, 1.54) is 4.31 Å². The number of rotatable bonds is 5. The van der Waals surface area contributed by atoms with Crippen molar-refractivity contribution in [3.8, 4) is 0 Å². The van der Waals surface area contributed by atoms with Gasteiger partial charge in [0.2, 0.25) is 21.8 Å². The van der Waals surface area contributed by atoms with E-state index in [-0.39, 0.29) is 30.3 Å². The van der Waals surface area contributed by atoms with Crippen molar-refractivity contribution < 1.29 is 17.7 Å². The maximum absolute atomic E-state index is 12.7. The maximum atomic E-state index is 12.7. The Bertz CT molecular complexity index is 891. The second kappa shape index (κ2) is 7.85. The van der Waals surface area contributed by atoms with Crippen LogP contribution >= 0.6 is 15.9 Å². The lowest BCUT2D eigenvalue weighted by Gasteiger charge is -2.34. The minimum atomic E-state index is -3.55. The van der Waals surface area contributed by atoms with E-state index >= 15 is 0 Å². The Balaban J connectivity index is 1.55. The van der Waals surface area contributed by atoms with Crippen LogP contribution in [0.15, 0.2) is 38.2 Å². The third-order valence-corrected chi connectivity index (χ3v) is 6.54. The average molecular weight is 443 g/mol. The minimum absolute atomic E-state index is 0.0413. The summed E-state index contributed by atoms with van der Waals surface area (Å²) in [4.78, 5) is 18.3. The number of sulfonamides is 1. The van der Waals surface area contributed by atoms with Crippen molar-refractivity contribution in [2.75, 3.05) is 26.2 Å². The van der Waals surface area contributed by atoms with E-state index in [1.54, 1.807) is 36.1 Å². The molecule has 1 saturated heterocycles. The van der Waals surface area contributed by atoms with Crippen LogP contribution < -0.4 is 0 Å². The summed E-state index contributed by atoms with van der Waals surface area (Å²) >= 11 is 3.29. The van der Waals surface area contributed by atoms with E-state index in [4.69, 9.17) is 4.52 Å². The highest BCUT2D eigenvalue weighted by atomic mass is 79.9. The van der Waals surface area contributed by atoms with E-state index in [0.29, 0.717) is 35.7 Å². The topological polar surface area (TPSA) is 96.6 Å². The summed E-state index contributed by atoms with van der Waals surface area (Å²) < 4.78 is 32.5. The monoisotopic (exact) mass is 442 g/mol. The molecular weight excluding hydrogens is 424 g/mol. The zero-order chi connectivity index (χ0) is 18.7. The quantitative estimate of drug-likeness (QED) is 0.697. The summed E-state index contributed by atoms with van der Waals surface area (Å²) in [5.74, 6) is 0.936. The van der Waals surface area contributed by atoms with Gasteiger partial charge in [0.15, 0.2) is 5.82 Å². The zero-order valence-corrected chi connectivity index (χ0v) is 16.7. The molecule has 0 saturated carbocycles. The van der Waals surface area contributed by atoms with Gasteiger partial charge in [-0.15, -0.1) is 0 Å². The molecule has 26 heavy (non-hydrogen) atoms. The molecule has 8 nitrogen and oxygen atoms in total. The molecule has 1 fully saturated rings. The Labute approximate surface area is 160 Å². The highest BCUT2D eigenvalue weighted by molar-refractivity contribution is 9.10. The van der Waals surface area contributed by atoms with Crippen molar-refractivity contribution in [1.29, 1.82) is 0 Å². The van der Waals surface area contributed by atoms with Crippen molar-refractivity contribution in [1.82, 2.24) is 19.3 Å². The number of piperazine rings is 1. The van der Waals surface area contributed by atoms with E-state index in [9.17, 15) is 13.2 Å². The maximum Gasteiger partial charge on any atom is 0.243 e. The van der Waals surface area contributed by atoms with Gasteiger partial charge in [-0.25, -0.2) is 8.42 Å². The number of hydrogen-bond acceptors (Lipinski definition) is 6. The molecule has 1 aliphatic rings. The summed E-state index contributed by atoms with van der Waals surface area (Å²) in [6, 6.07) is 6.62. The van der Waals surface area contributed by atoms with Gasteiger partial charge in [0.1, 0.15) is 0 Å². The van der Waals surface area contributed by atoms with Crippen LogP contribution in [0.2, 0.25) is 0 Å². The van der Waals surface area contributed by atoms with E-state index in [2.05, 4.69) is 26.1 Å². The number of aryl methyl sites for hydroxylation is 2. The molecule has 10 heteroatoms. The molecule has 0 N–H and O–H groups in total. The first-order valence-electron chi connectivity index (χ1n) is 8.19. The van der Waals surface area contributed by atoms with Crippen molar-refractivity contribution in [3.63, 3.8) is 0 Å². The molecule has 140 valence electrons. The Morgan fingerprint density at radius 3 is 2.62 bits per heavy atom.